The summed E-state index contributed by atoms with van der Waals surface area (Å²) in [4.78, 5) is 5.17. The summed E-state index contributed by atoms with van der Waals surface area (Å²) in [6.07, 6.45) is 6.42. The van der Waals surface area contributed by atoms with E-state index in [1.165, 1.54) is 25.7 Å². The number of aliphatic hydroxyl groups is 1. The van der Waals surface area contributed by atoms with Crippen LogP contribution in [0.15, 0.2) is 0 Å². The Morgan fingerprint density at radius 3 is 2.36 bits per heavy atom. The van der Waals surface area contributed by atoms with Crippen molar-refractivity contribution in [1.29, 1.82) is 0 Å². The van der Waals surface area contributed by atoms with Gasteiger partial charge in [-0.1, -0.05) is 19.3 Å². The summed E-state index contributed by atoms with van der Waals surface area (Å²) in [7, 11) is 0. The Hall–Kier alpha value is -0.0200. The summed E-state index contributed by atoms with van der Waals surface area (Å²) in [5, 5.41) is 21.1. The molecule has 10 atom stereocenters. The van der Waals surface area contributed by atoms with Gasteiger partial charge in [0.05, 0.1) is 12.3 Å². The van der Waals surface area contributed by atoms with Crippen LogP contribution < -0.4 is 16.0 Å². The van der Waals surface area contributed by atoms with Gasteiger partial charge in [-0.05, 0) is 43.4 Å². The molecule has 8 heteroatoms. The van der Waals surface area contributed by atoms with Crippen LogP contribution in [0.2, 0.25) is 0 Å². The van der Waals surface area contributed by atoms with E-state index in [4.69, 9.17) is 11.6 Å². The van der Waals surface area contributed by atoms with Gasteiger partial charge < -0.3 is 10.4 Å². The number of rotatable bonds is 3. The normalized spacial score (nSPS) is 50.3. The van der Waals surface area contributed by atoms with Crippen molar-refractivity contribution in [2.45, 2.75) is 80.8 Å². The molecule has 0 amide bonds. The van der Waals surface area contributed by atoms with E-state index in [-0.39, 0.29) is 41.4 Å². The molecule has 3 saturated carbocycles. The Morgan fingerprint density at radius 1 is 0.848 bits per heavy atom. The largest absolute Gasteiger partial charge is 0.393 e. The van der Waals surface area contributed by atoms with Crippen molar-refractivity contribution in [3.05, 3.63) is 0 Å². The first kappa shape index (κ1) is 23.4. The molecule has 4 N–H and O–H groups in total. The third kappa shape index (κ3) is 4.38. The number of aliphatic hydroxyl groups excluding tert-OH is 1. The van der Waals surface area contributed by atoms with Crippen molar-refractivity contribution in [3.63, 3.8) is 0 Å². The zero-order valence-electron chi connectivity index (χ0n) is 19.8. The van der Waals surface area contributed by atoms with Crippen molar-refractivity contribution in [2.24, 2.45) is 29.6 Å². The van der Waals surface area contributed by atoms with E-state index < -0.39 is 6.17 Å². The molecule has 0 aromatic heterocycles. The van der Waals surface area contributed by atoms with Gasteiger partial charge in [0, 0.05) is 75.2 Å². The molecule has 33 heavy (non-hydrogen) atoms. The van der Waals surface area contributed by atoms with Crippen LogP contribution in [0.3, 0.4) is 0 Å². The summed E-state index contributed by atoms with van der Waals surface area (Å²) in [6, 6.07) is 0.569. The fourth-order valence-corrected chi connectivity index (χ4v) is 9.08. The van der Waals surface area contributed by atoms with Crippen LogP contribution in [0.1, 0.15) is 44.9 Å². The second-order valence-corrected chi connectivity index (χ2v) is 12.4. The number of hydrogen-bond donors (Lipinski definition) is 4. The smallest absolute Gasteiger partial charge is 0.120 e. The highest BCUT2D eigenvalue weighted by Gasteiger charge is 2.55. The topological polar surface area (TPSA) is 62.8 Å². The summed E-state index contributed by atoms with van der Waals surface area (Å²) in [6.45, 7) is 7.19. The molecule has 0 spiro atoms. The molecule has 3 heterocycles. The quantitative estimate of drug-likeness (QED) is 0.457. The van der Waals surface area contributed by atoms with Crippen LogP contribution in [0.25, 0.3) is 0 Å². The lowest BCUT2D eigenvalue weighted by Crippen LogP contribution is -2.71. The first-order valence-electron chi connectivity index (χ1n) is 13.7. The number of hydrogen-bond acceptors (Lipinski definition) is 6. The highest BCUT2D eigenvalue weighted by atomic mass is 35.5. The molecule has 6 fully saturated rings. The molecule has 0 bridgehead atoms. The third-order valence-electron chi connectivity index (χ3n) is 10.3. The van der Waals surface area contributed by atoms with Gasteiger partial charge in [-0.15, -0.1) is 11.6 Å². The Bertz CT molecular complexity index is 677. The van der Waals surface area contributed by atoms with Crippen LogP contribution in [0, 0.1) is 29.6 Å². The van der Waals surface area contributed by atoms with Gasteiger partial charge in [0.25, 0.3) is 0 Å². The summed E-state index contributed by atoms with van der Waals surface area (Å²) in [5.74, 6) is 1.40. The van der Waals surface area contributed by atoms with Gasteiger partial charge in [-0.2, -0.15) is 0 Å². The number of nitrogens with one attached hydrogen (secondary N) is 3. The lowest BCUT2D eigenvalue weighted by atomic mass is 9.57. The van der Waals surface area contributed by atoms with Gasteiger partial charge in [0.15, 0.2) is 0 Å². The predicted octanol–water partition coefficient (Wildman–Crippen LogP) is 1.58. The molecular weight excluding hydrogens is 441 g/mol. The third-order valence-corrected chi connectivity index (χ3v) is 10.8. The van der Waals surface area contributed by atoms with Crippen LogP contribution in [0.5, 0.6) is 0 Å². The molecule has 0 aromatic carbocycles. The van der Waals surface area contributed by atoms with Crippen molar-refractivity contribution in [1.82, 2.24) is 25.8 Å². The van der Waals surface area contributed by atoms with E-state index in [0.29, 0.717) is 24.5 Å². The Labute approximate surface area is 203 Å². The molecule has 3 saturated heterocycles. The van der Waals surface area contributed by atoms with E-state index in [0.717, 1.165) is 58.5 Å². The minimum absolute atomic E-state index is 0.133. The zero-order chi connectivity index (χ0) is 22.5. The monoisotopic (exact) mass is 483 g/mol. The van der Waals surface area contributed by atoms with E-state index in [1.807, 2.05) is 0 Å². The minimum atomic E-state index is -0.934. The molecule has 6 aliphatic rings. The second kappa shape index (κ2) is 9.79. The molecule has 3 aliphatic carbocycles. The van der Waals surface area contributed by atoms with Gasteiger partial charge in [0.1, 0.15) is 6.17 Å². The molecular formula is C25H43ClFN5O. The van der Waals surface area contributed by atoms with Crippen LogP contribution >= 0.6 is 11.6 Å². The van der Waals surface area contributed by atoms with Crippen LogP contribution in [0.4, 0.5) is 4.39 Å². The SMILES string of the molecule is OC1CC2CCCCC2C(C2C(Cl)CC3C(NCNC3N3CCN(C4CNC4)CC3)C2F)C1. The standard InChI is InChI=1S/C25H43ClFN5O/c26-21-11-20-24(23(27)22(21)19-10-17(33)9-15-3-1-2-4-18(15)19)29-14-30-25(20)32-7-5-31(6-8-32)16-12-28-13-16/h15-25,28-30,33H,1-14H2. The first-order chi connectivity index (χ1) is 16.1. The second-order valence-electron chi connectivity index (χ2n) is 11.9. The molecule has 3 aliphatic heterocycles. The van der Waals surface area contributed by atoms with E-state index in [9.17, 15) is 5.11 Å². The van der Waals surface area contributed by atoms with Crippen molar-refractivity contribution in [2.75, 3.05) is 45.9 Å². The minimum Gasteiger partial charge on any atom is -0.393 e. The fraction of sp³-hybridized carbons (Fsp3) is 1.00. The molecule has 6 rings (SSSR count). The molecule has 6 nitrogen and oxygen atoms in total. The number of fused-ring (bicyclic) bond motifs is 2. The summed E-state index contributed by atoms with van der Waals surface area (Å²) < 4.78 is 16.4. The van der Waals surface area contributed by atoms with Crippen LogP contribution in [-0.4, -0.2) is 96.7 Å². The zero-order valence-corrected chi connectivity index (χ0v) is 20.6. The molecule has 188 valence electrons. The van der Waals surface area contributed by atoms with Crippen molar-refractivity contribution >= 4 is 11.6 Å². The van der Waals surface area contributed by atoms with Gasteiger partial charge in [0.2, 0.25) is 0 Å². The summed E-state index contributed by atoms with van der Waals surface area (Å²) >= 11 is 7.09. The number of piperazine rings is 1. The number of halogens is 2. The molecule has 10 unspecified atom stereocenters. The van der Waals surface area contributed by atoms with E-state index >= 15 is 4.39 Å². The number of alkyl halides is 2. The Morgan fingerprint density at radius 2 is 1.61 bits per heavy atom. The maximum absolute atomic E-state index is 16.4. The Kier molecular flexibility index (Phi) is 6.94. The summed E-state index contributed by atoms with van der Waals surface area (Å²) in [5.41, 5.74) is 0. The van der Waals surface area contributed by atoms with Crippen molar-refractivity contribution in [3.8, 4) is 0 Å². The fourth-order valence-electron chi connectivity index (χ4n) is 8.55. The highest BCUT2D eigenvalue weighted by molar-refractivity contribution is 6.21. The van der Waals surface area contributed by atoms with Gasteiger partial charge in [-0.25, -0.2) is 4.39 Å². The maximum Gasteiger partial charge on any atom is 0.120 e. The average Bonchev–Trinajstić information content (AvgIpc) is 2.78. The average molecular weight is 484 g/mol. The first-order valence-corrected chi connectivity index (χ1v) is 14.2. The van der Waals surface area contributed by atoms with Gasteiger partial charge in [-0.3, -0.25) is 20.4 Å². The van der Waals surface area contributed by atoms with E-state index in [2.05, 4.69) is 25.8 Å². The highest BCUT2D eigenvalue weighted by Crippen LogP contribution is 2.52. The molecule has 0 aromatic rings. The Balaban J connectivity index is 1.15. The number of nitrogens with zero attached hydrogens (tertiary/aromatic N) is 2. The lowest BCUT2D eigenvalue weighted by Gasteiger charge is -2.56. The van der Waals surface area contributed by atoms with Crippen LogP contribution in [-0.2, 0) is 0 Å². The predicted molar refractivity (Wildman–Crippen MR) is 129 cm³/mol. The lowest BCUT2D eigenvalue weighted by molar-refractivity contribution is -0.0774. The van der Waals surface area contributed by atoms with Gasteiger partial charge >= 0.3 is 0 Å². The molecule has 0 radical (unpaired) electrons. The van der Waals surface area contributed by atoms with E-state index in [1.54, 1.807) is 0 Å². The van der Waals surface area contributed by atoms with Crippen molar-refractivity contribution < 1.29 is 9.50 Å². The maximum atomic E-state index is 16.4.